The van der Waals surface area contributed by atoms with E-state index in [-0.39, 0.29) is 11.8 Å². The van der Waals surface area contributed by atoms with Gasteiger partial charge < -0.3 is 5.73 Å². The van der Waals surface area contributed by atoms with E-state index in [1.54, 1.807) is 0 Å². The zero-order chi connectivity index (χ0) is 12.3. The molecule has 0 aliphatic heterocycles. The molecule has 0 unspecified atom stereocenters. The Morgan fingerprint density at radius 2 is 2.35 bits per heavy atom. The summed E-state index contributed by atoms with van der Waals surface area (Å²) in [6.07, 6.45) is 0.672. The Labute approximate surface area is 98.2 Å². The third-order valence-electron chi connectivity index (χ3n) is 2.64. The zero-order valence-electron chi connectivity index (χ0n) is 9.42. The van der Waals surface area contributed by atoms with Gasteiger partial charge in [0.25, 0.3) is 0 Å². The van der Waals surface area contributed by atoms with Crippen molar-refractivity contribution in [2.24, 2.45) is 5.73 Å². The number of carbonyl (C=O) groups is 1. The normalized spacial score (nSPS) is 12.3. The van der Waals surface area contributed by atoms with Crippen LogP contribution in [0.2, 0.25) is 0 Å². The van der Waals surface area contributed by atoms with Crippen LogP contribution in [0.4, 0.5) is 0 Å². The molecule has 1 atom stereocenters. The number of hydrogen-bond donors (Lipinski definition) is 2. The molecule has 1 aromatic heterocycles. The first kappa shape index (κ1) is 11.3. The van der Waals surface area contributed by atoms with Crippen LogP contribution >= 0.6 is 0 Å². The molecule has 0 aliphatic carbocycles. The van der Waals surface area contributed by atoms with Gasteiger partial charge in [-0.05, 0) is 23.3 Å². The van der Waals surface area contributed by atoms with E-state index >= 15 is 0 Å². The van der Waals surface area contributed by atoms with Crippen LogP contribution in [0.3, 0.4) is 0 Å². The summed E-state index contributed by atoms with van der Waals surface area (Å²) in [7, 11) is 0. The molecule has 6 heteroatoms. The first-order valence-electron chi connectivity index (χ1n) is 5.35. The second-order valence-corrected chi connectivity index (χ2v) is 3.72. The predicted molar refractivity (Wildman–Crippen MR) is 61.8 cm³/mol. The van der Waals surface area contributed by atoms with Crippen molar-refractivity contribution >= 4 is 5.91 Å². The van der Waals surface area contributed by atoms with Crippen molar-refractivity contribution < 1.29 is 4.79 Å². The third-order valence-corrected chi connectivity index (χ3v) is 2.64. The van der Waals surface area contributed by atoms with E-state index in [2.05, 4.69) is 20.6 Å². The second-order valence-electron chi connectivity index (χ2n) is 3.72. The number of H-pyrrole nitrogens is 1. The fourth-order valence-electron chi connectivity index (χ4n) is 1.78. The van der Waals surface area contributed by atoms with Crippen molar-refractivity contribution in [2.45, 2.75) is 19.3 Å². The van der Waals surface area contributed by atoms with Gasteiger partial charge in [-0.3, -0.25) is 4.79 Å². The van der Waals surface area contributed by atoms with E-state index < -0.39 is 0 Å². The van der Waals surface area contributed by atoms with E-state index in [4.69, 9.17) is 5.73 Å². The summed E-state index contributed by atoms with van der Waals surface area (Å²) in [4.78, 5) is 11.3. The molecule has 0 saturated heterocycles. The highest BCUT2D eigenvalue weighted by Gasteiger charge is 2.16. The summed E-state index contributed by atoms with van der Waals surface area (Å²) in [5.41, 5.74) is 7.05. The molecule has 2 aromatic rings. The number of nitrogens with one attached hydrogen (secondary N) is 1. The summed E-state index contributed by atoms with van der Waals surface area (Å²) < 4.78 is 0. The topological polar surface area (TPSA) is 97.5 Å². The summed E-state index contributed by atoms with van der Waals surface area (Å²) in [5.74, 6) is -0.0919. The molecule has 0 bridgehead atoms. The fourth-order valence-corrected chi connectivity index (χ4v) is 1.78. The second kappa shape index (κ2) is 4.73. The minimum absolute atomic E-state index is 0.276. The minimum Gasteiger partial charge on any atom is -0.369 e. The van der Waals surface area contributed by atoms with Crippen LogP contribution in [-0.2, 0) is 4.79 Å². The summed E-state index contributed by atoms with van der Waals surface area (Å²) in [6, 6.07) is 7.46. The van der Waals surface area contributed by atoms with Crippen LogP contribution in [-0.4, -0.2) is 26.5 Å². The van der Waals surface area contributed by atoms with E-state index in [9.17, 15) is 4.79 Å². The zero-order valence-corrected chi connectivity index (χ0v) is 9.42. The Morgan fingerprint density at radius 1 is 1.53 bits per heavy atom. The lowest BCUT2D eigenvalue weighted by Gasteiger charge is -2.11. The number of aromatic nitrogens is 4. The van der Waals surface area contributed by atoms with E-state index in [0.717, 1.165) is 11.1 Å². The number of nitrogens with zero attached hydrogens (tertiary/aromatic N) is 3. The van der Waals surface area contributed by atoms with Crippen LogP contribution in [0.1, 0.15) is 24.8 Å². The highest BCUT2D eigenvalue weighted by molar-refractivity contribution is 5.82. The van der Waals surface area contributed by atoms with Crippen molar-refractivity contribution in [3.8, 4) is 11.4 Å². The van der Waals surface area contributed by atoms with Gasteiger partial charge in [-0.25, -0.2) is 0 Å². The van der Waals surface area contributed by atoms with Crippen LogP contribution in [0.25, 0.3) is 11.4 Å². The van der Waals surface area contributed by atoms with Crippen molar-refractivity contribution in [3.63, 3.8) is 0 Å². The van der Waals surface area contributed by atoms with Gasteiger partial charge in [-0.1, -0.05) is 25.1 Å². The van der Waals surface area contributed by atoms with Crippen molar-refractivity contribution in [1.29, 1.82) is 0 Å². The van der Waals surface area contributed by atoms with Crippen molar-refractivity contribution in [3.05, 3.63) is 29.8 Å². The van der Waals surface area contributed by atoms with Crippen molar-refractivity contribution in [2.75, 3.05) is 0 Å². The van der Waals surface area contributed by atoms with Gasteiger partial charge >= 0.3 is 0 Å². The standard InChI is InChI=1S/C11H13N5O/c1-2-9(10(12)17)7-4-3-5-8(6-7)11-13-15-16-14-11/h3-6,9H,2H2,1H3,(H2,12,17)(H,13,14,15,16)/t9-/m1/s1. The first-order valence-corrected chi connectivity index (χ1v) is 5.35. The third kappa shape index (κ3) is 2.30. The Kier molecular flexibility index (Phi) is 3.13. The van der Waals surface area contributed by atoms with Gasteiger partial charge in [0.05, 0.1) is 5.92 Å². The Balaban J connectivity index is 2.37. The number of tetrazole rings is 1. The Bertz CT molecular complexity index is 508. The van der Waals surface area contributed by atoms with Gasteiger partial charge in [-0.15, -0.1) is 10.2 Å². The van der Waals surface area contributed by atoms with Gasteiger partial charge in [0.1, 0.15) is 0 Å². The molecule has 1 amide bonds. The molecule has 0 aliphatic rings. The SMILES string of the molecule is CC[C@@H](C(N)=O)c1cccc(-c2nn[nH]n2)c1. The van der Waals surface area contributed by atoms with Crippen molar-refractivity contribution in [1.82, 2.24) is 20.6 Å². The van der Waals surface area contributed by atoms with E-state index in [1.165, 1.54) is 0 Å². The van der Waals surface area contributed by atoms with Crippen LogP contribution in [0, 0.1) is 0 Å². The minimum atomic E-state index is -0.322. The fraction of sp³-hybridized carbons (Fsp3) is 0.273. The predicted octanol–water partition coefficient (Wildman–Crippen LogP) is 0.846. The number of nitrogens with two attached hydrogens (primary N) is 1. The lowest BCUT2D eigenvalue weighted by Crippen LogP contribution is -2.20. The van der Waals surface area contributed by atoms with Crippen LogP contribution in [0.5, 0.6) is 0 Å². The van der Waals surface area contributed by atoms with Crippen LogP contribution < -0.4 is 5.73 Å². The number of aromatic amines is 1. The molecule has 3 N–H and O–H groups in total. The lowest BCUT2D eigenvalue weighted by molar-refractivity contribution is -0.119. The maximum atomic E-state index is 11.3. The number of primary amides is 1. The number of rotatable bonds is 4. The Morgan fingerprint density at radius 3 is 2.94 bits per heavy atom. The monoisotopic (exact) mass is 231 g/mol. The Hall–Kier alpha value is -2.24. The summed E-state index contributed by atoms with van der Waals surface area (Å²) in [5, 5.41) is 13.7. The molecule has 0 fully saturated rings. The van der Waals surface area contributed by atoms with Gasteiger partial charge in [-0.2, -0.15) is 5.21 Å². The average molecular weight is 231 g/mol. The van der Waals surface area contributed by atoms with E-state index in [0.29, 0.717) is 12.2 Å². The molecule has 2 rings (SSSR count). The van der Waals surface area contributed by atoms with Gasteiger partial charge in [0, 0.05) is 5.56 Å². The summed E-state index contributed by atoms with van der Waals surface area (Å²) in [6.45, 7) is 1.93. The van der Waals surface area contributed by atoms with Gasteiger partial charge in [0.15, 0.2) is 0 Å². The maximum Gasteiger partial charge on any atom is 0.224 e. The number of benzene rings is 1. The number of carbonyl (C=O) groups excluding carboxylic acids is 1. The first-order chi connectivity index (χ1) is 8.22. The lowest BCUT2D eigenvalue weighted by atomic mass is 9.94. The molecule has 0 saturated carbocycles. The molecular weight excluding hydrogens is 218 g/mol. The molecule has 1 heterocycles. The highest BCUT2D eigenvalue weighted by atomic mass is 16.1. The van der Waals surface area contributed by atoms with Crippen LogP contribution in [0.15, 0.2) is 24.3 Å². The smallest absolute Gasteiger partial charge is 0.224 e. The largest absolute Gasteiger partial charge is 0.369 e. The number of amides is 1. The average Bonchev–Trinajstić information content (AvgIpc) is 2.83. The summed E-state index contributed by atoms with van der Waals surface area (Å²) >= 11 is 0. The highest BCUT2D eigenvalue weighted by Crippen LogP contribution is 2.23. The molecule has 0 radical (unpaired) electrons. The molecule has 6 nitrogen and oxygen atoms in total. The number of hydrogen-bond acceptors (Lipinski definition) is 4. The maximum absolute atomic E-state index is 11.3. The van der Waals surface area contributed by atoms with Gasteiger partial charge in [0.2, 0.25) is 11.7 Å². The molecule has 0 spiro atoms. The molecule has 1 aromatic carbocycles. The molecular formula is C11H13N5O. The molecule has 17 heavy (non-hydrogen) atoms. The quantitative estimate of drug-likeness (QED) is 0.814. The van der Waals surface area contributed by atoms with E-state index in [1.807, 2.05) is 31.2 Å². The molecule has 88 valence electrons.